The predicted molar refractivity (Wildman–Crippen MR) is 199 cm³/mol. The zero-order chi connectivity index (χ0) is 38.9. The number of hydrogen-bond donors (Lipinski definition) is 3. The number of phenolic OH excluding ortho intramolecular Hbond substituents is 2. The molecule has 0 aliphatic rings. The van der Waals surface area contributed by atoms with Crippen molar-refractivity contribution in [3.63, 3.8) is 0 Å². The monoisotopic (exact) mass is 862 g/mol. The van der Waals surface area contributed by atoms with E-state index in [0.717, 1.165) is 47.0 Å². The van der Waals surface area contributed by atoms with Gasteiger partial charge in [0.15, 0.2) is 21.3 Å². The van der Waals surface area contributed by atoms with Crippen LogP contribution in [-0.2, 0) is 49.5 Å². The fourth-order valence-corrected chi connectivity index (χ4v) is 9.54. The third-order valence-electron chi connectivity index (χ3n) is 7.50. The molecule has 280 valence electrons. The Bertz CT molecular complexity index is 2520. The number of aromatic hydroxyl groups is 2. The molecule has 0 aliphatic heterocycles. The number of phenols is 2. The number of sulfonamides is 2. The average Bonchev–Trinajstić information content (AvgIpc) is 3.07. The van der Waals surface area contributed by atoms with Crippen molar-refractivity contribution in [2.45, 2.75) is 34.3 Å². The molecule has 5 rings (SSSR count). The number of halogens is 5. The minimum absolute atomic E-state index is 0.000950. The molecule has 19 heteroatoms. The van der Waals surface area contributed by atoms with Crippen LogP contribution in [-0.4, -0.2) is 46.0 Å². The average molecular weight is 865 g/mol. The van der Waals surface area contributed by atoms with E-state index in [2.05, 4.69) is 4.72 Å². The van der Waals surface area contributed by atoms with Crippen molar-refractivity contribution < 1.29 is 44.6 Å². The summed E-state index contributed by atoms with van der Waals surface area (Å²) in [5.74, 6) is -1.72. The van der Waals surface area contributed by atoms with E-state index in [1.54, 1.807) is 0 Å². The van der Waals surface area contributed by atoms with Crippen molar-refractivity contribution in [1.29, 1.82) is 0 Å². The van der Waals surface area contributed by atoms with Crippen molar-refractivity contribution in [2.24, 2.45) is 0 Å². The topological polar surface area (TPSA) is 167 Å². The van der Waals surface area contributed by atoms with E-state index in [9.17, 15) is 39.9 Å². The third-order valence-corrected chi connectivity index (χ3v) is 12.9. The fraction of sp³-hybridized carbons (Fsp3) is 0.118. The van der Waals surface area contributed by atoms with E-state index < -0.39 is 70.1 Å². The van der Waals surface area contributed by atoms with Gasteiger partial charge in [0.2, 0.25) is 20.0 Å². The molecule has 0 bridgehead atoms. The van der Waals surface area contributed by atoms with Crippen LogP contribution < -0.4 is 9.46 Å². The standard InChI is InChI=1S/C34H27Cl4FN2O9S3/c1-51(44,45)28-8-2-20(3-9-28)18-41(53(48,49)32-16-24(36)14-30(38)34(32)43)19-22-10-21(11-27(12-22)50-26-6-4-25(39)5-7-26)17-40-52(46,47)31-15-23(35)13-29(37)33(31)42/h2-16,40,42-43H,17-19H2,1H3. The Morgan fingerprint density at radius 2 is 1.19 bits per heavy atom. The van der Waals surface area contributed by atoms with Gasteiger partial charge in [-0.1, -0.05) is 64.6 Å². The molecule has 5 aromatic carbocycles. The maximum absolute atomic E-state index is 14.2. The maximum Gasteiger partial charge on any atom is 0.247 e. The number of nitrogens with zero attached hydrogens (tertiary/aromatic N) is 1. The van der Waals surface area contributed by atoms with Crippen molar-refractivity contribution in [3.05, 3.63) is 134 Å². The maximum atomic E-state index is 14.2. The van der Waals surface area contributed by atoms with Crippen LogP contribution in [0.5, 0.6) is 23.0 Å². The largest absolute Gasteiger partial charge is 0.505 e. The van der Waals surface area contributed by atoms with Gasteiger partial charge < -0.3 is 14.9 Å². The van der Waals surface area contributed by atoms with Gasteiger partial charge in [0.25, 0.3) is 0 Å². The molecule has 3 N–H and O–H groups in total. The van der Waals surface area contributed by atoms with Crippen LogP contribution in [0.2, 0.25) is 20.1 Å². The molecular formula is C34H27Cl4FN2O9S3. The van der Waals surface area contributed by atoms with Crippen molar-refractivity contribution in [2.75, 3.05) is 6.26 Å². The van der Waals surface area contributed by atoms with E-state index >= 15 is 0 Å². The second-order valence-electron chi connectivity index (χ2n) is 11.5. The van der Waals surface area contributed by atoms with Gasteiger partial charge in [-0.3, -0.25) is 0 Å². The zero-order valence-corrected chi connectivity index (χ0v) is 32.6. The van der Waals surface area contributed by atoms with Gasteiger partial charge in [0.1, 0.15) is 27.1 Å². The van der Waals surface area contributed by atoms with Gasteiger partial charge in [-0.2, -0.15) is 4.31 Å². The lowest BCUT2D eigenvalue weighted by Crippen LogP contribution is -2.30. The van der Waals surface area contributed by atoms with Gasteiger partial charge in [-0.25, -0.2) is 34.4 Å². The number of nitrogens with one attached hydrogen (secondary N) is 1. The first-order chi connectivity index (χ1) is 24.7. The number of hydrogen-bond acceptors (Lipinski definition) is 9. The summed E-state index contributed by atoms with van der Waals surface area (Å²) in [5.41, 5.74) is 0.857. The van der Waals surface area contributed by atoms with E-state index in [4.69, 9.17) is 51.1 Å². The van der Waals surface area contributed by atoms with Crippen molar-refractivity contribution in [3.8, 4) is 23.0 Å². The summed E-state index contributed by atoms with van der Waals surface area (Å²) in [7, 11) is -12.6. The molecule has 0 spiro atoms. The predicted octanol–water partition coefficient (Wildman–Crippen LogP) is 7.92. The van der Waals surface area contributed by atoms with Crippen LogP contribution in [0.25, 0.3) is 0 Å². The fourth-order valence-electron chi connectivity index (χ4n) is 4.98. The van der Waals surface area contributed by atoms with Crippen LogP contribution in [0.3, 0.4) is 0 Å². The first-order valence-electron chi connectivity index (χ1n) is 14.9. The molecule has 0 unspecified atom stereocenters. The Balaban J connectivity index is 1.58. The van der Waals surface area contributed by atoms with Gasteiger partial charge in [0.05, 0.1) is 14.9 Å². The molecule has 0 radical (unpaired) electrons. The highest BCUT2D eigenvalue weighted by Crippen LogP contribution is 2.38. The Labute approximate surface area is 325 Å². The second-order valence-corrected chi connectivity index (χ2v) is 18.9. The molecule has 0 saturated heterocycles. The number of sulfone groups is 1. The number of rotatable bonds is 13. The smallest absolute Gasteiger partial charge is 0.247 e. The highest BCUT2D eigenvalue weighted by atomic mass is 35.5. The van der Waals surface area contributed by atoms with Crippen LogP contribution in [0.15, 0.2) is 106 Å². The Morgan fingerprint density at radius 1 is 0.660 bits per heavy atom. The summed E-state index contributed by atoms with van der Waals surface area (Å²) in [6.45, 7) is -1.19. The van der Waals surface area contributed by atoms with Crippen LogP contribution in [0.4, 0.5) is 4.39 Å². The van der Waals surface area contributed by atoms with Crippen molar-refractivity contribution in [1.82, 2.24) is 9.03 Å². The SMILES string of the molecule is CS(=O)(=O)c1ccc(CN(Cc2cc(CNS(=O)(=O)c3cc(Cl)cc(Cl)c3O)cc(Oc3ccc(F)cc3)c2)S(=O)(=O)c2cc(Cl)cc(Cl)c2O)cc1. The lowest BCUT2D eigenvalue weighted by Gasteiger charge is -2.24. The Hall–Kier alpha value is -3.64. The van der Waals surface area contributed by atoms with Crippen LogP contribution in [0.1, 0.15) is 16.7 Å². The molecule has 5 aromatic rings. The molecule has 11 nitrogen and oxygen atoms in total. The molecule has 0 aromatic heterocycles. The molecule has 0 amide bonds. The minimum atomic E-state index is -4.64. The molecule has 0 atom stereocenters. The molecular weight excluding hydrogens is 837 g/mol. The number of benzene rings is 5. The molecule has 0 fully saturated rings. The van der Waals surface area contributed by atoms with Gasteiger partial charge in [-0.05, 0) is 89.5 Å². The third kappa shape index (κ3) is 9.92. The summed E-state index contributed by atoms with van der Waals surface area (Å²) in [6, 6.07) is 19.2. The first-order valence-corrected chi connectivity index (χ1v) is 21.3. The second kappa shape index (κ2) is 16.0. The summed E-state index contributed by atoms with van der Waals surface area (Å²) < 4.78 is 102. The van der Waals surface area contributed by atoms with E-state index in [-0.39, 0.29) is 54.2 Å². The van der Waals surface area contributed by atoms with Crippen molar-refractivity contribution >= 4 is 76.3 Å². The normalized spacial score (nSPS) is 12.3. The summed E-state index contributed by atoms with van der Waals surface area (Å²) >= 11 is 24.1. The van der Waals surface area contributed by atoms with Crippen LogP contribution in [0, 0.1) is 5.82 Å². The Morgan fingerprint density at radius 3 is 1.77 bits per heavy atom. The molecule has 0 heterocycles. The Kier molecular flexibility index (Phi) is 12.2. The lowest BCUT2D eigenvalue weighted by molar-refractivity contribution is 0.393. The minimum Gasteiger partial charge on any atom is -0.505 e. The van der Waals surface area contributed by atoms with E-state index in [1.807, 2.05) is 0 Å². The quantitative estimate of drug-likeness (QED) is 0.107. The summed E-state index contributed by atoms with van der Waals surface area (Å²) in [5, 5.41) is 20.3. The summed E-state index contributed by atoms with van der Waals surface area (Å²) in [4.78, 5) is -1.21. The van der Waals surface area contributed by atoms with Gasteiger partial charge >= 0.3 is 0 Å². The molecule has 53 heavy (non-hydrogen) atoms. The zero-order valence-electron chi connectivity index (χ0n) is 27.1. The summed E-state index contributed by atoms with van der Waals surface area (Å²) in [6.07, 6.45) is 1.02. The van der Waals surface area contributed by atoms with Gasteiger partial charge in [0, 0.05) is 35.9 Å². The van der Waals surface area contributed by atoms with E-state index in [1.165, 1.54) is 54.6 Å². The van der Waals surface area contributed by atoms with Crippen LogP contribution >= 0.6 is 46.4 Å². The highest BCUT2D eigenvalue weighted by Gasteiger charge is 2.30. The molecule has 0 saturated carbocycles. The molecule has 0 aliphatic carbocycles. The lowest BCUT2D eigenvalue weighted by atomic mass is 10.1. The van der Waals surface area contributed by atoms with Gasteiger partial charge in [-0.15, -0.1) is 0 Å². The van der Waals surface area contributed by atoms with E-state index in [0.29, 0.717) is 5.56 Å². The first kappa shape index (κ1) is 40.5. The highest BCUT2D eigenvalue weighted by molar-refractivity contribution is 7.90. The number of ether oxygens (including phenoxy) is 1.